The highest BCUT2D eigenvalue weighted by molar-refractivity contribution is 7.99. The van der Waals surface area contributed by atoms with Crippen LogP contribution in [0.3, 0.4) is 0 Å². The lowest BCUT2D eigenvalue weighted by Crippen LogP contribution is -2.16. The number of unbranched alkanes of at least 4 members (excludes halogenated alkanes) is 1. The van der Waals surface area contributed by atoms with Gasteiger partial charge in [0.1, 0.15) is 5.75 Å². The molecule has 0 bridgehead atoms. The third kappa shape index (κ3) is 5.51. The number of carbonyl (C=O) groups excluding carboxylic acids is 1. The summed E-state index contributed by atoms with van der Waals surface area (Å²) in [4.78, 5) is 12.3. The van der Waals surface area contributed by atoms with E-state index in [4.69, 9.17) is 10.6 Å². The fourth-order valence-electron chi connectivity index (χ4n) is 2.78. The topological polar surface area (TPSA) is 95.1 Å². The summed E-state index contributed by atoms with van der Waals surface area (Å²) in [5.41, 5.74) is 2.88. The summed E-state index contributed by atoms with van der Waals surface area (Å²) in [5, 5.41) is 11.6. The number of nitrogen functional groups attached to an aromatic ring is 1. The summed E-state index contributed by atoms with van der Waals surface area (Å²) < 4.78 is 6.55. The molecule has 2 aromatic carbocycles. The number of nitrogens with zero attached hydrogens (tertiary/aromatic N) is 3. The Morgan fingerprint density at radius 1 is 1.14 bits per heavy atom. The Labute approximate surface area is 174 Å². The van der Waals surface area contributed by atoms with Crippen LogP contribution in [-0.2, 0) is 11.2 Å². The lowest BCUT2D eigenvalue weighted by Gasteiger charge is -2.07. The second kappa shape index (κ2) is 9.97. The van der Waals surface area contributed by atoms with E-state index in [1.807, 2.05) is 36.4 Å². The Morgan fingerprint density at radius 2 is 1.86 bits per heavy atom. The normalized spacial score (nSPS) is 10.7. The lowest BCUT2D eigenvalue weighted by molar-refractivity contribution is -0.113. The number of thioether (sulfide) groups is 1. The highest BCUT2D eigenvalue weighted by Gasteiger charge is 2.14. The Morgan fingerprint density at radius 3 is 2.52 bits per heavy atom. The molecule has 0 aliphatic rings. The van der Waals surface area contributed by atoms with E-state index in [0.717, 1.165) is 23.4 Å². The Bertz CT molecular complexity index is 939. The van der Waals surface area contributed by atoms with Crippen LogP contribution in [0.4, 0.5) is 5.69 Å². The number of ether oxygens (including phenoxy) is 1. The number of nitrogens with two attached hydrogens (primary N) is 1. The van der Waals surface area contributed by atoms with E-state index < -0.39 is 0 Å². The summed E-state index contributed by atoms with van der Waals surface area (Å²) in [6.07, 6.45) is 3.39. The average molecular weight is 412 g/mol. The molecular formula is C21H25N5O2S. The summed E-state index contributed by atoms with van der Waals surface area (Å²) in [7, 11) is 1.61. The molecule has 0 radical (unpaired) electrons. The van der Waals surface area contributed by atoms with Gasteiger partial charge in [-0.2, -0.15) is 0 Å². The van der Waals surface area contributed by atoms with Crippen molar-refractivity contribution < 1.29 is 9.53 Å². The van der Waals surface area contributed by atoms with E-state index in [2.05, 4.69) is 34.6 Å². The number of hydrogen-bond donors (Lipinski definition) is 2. The second-order valence-corrected chi connectivity index (χ2v) is 7.48. The SMILES string of the molecule is CCCCc1ccc(NC(=O)CSc2nnc(-c3ccc(OC)cc3)n2N)cc1. The molecule has 0 aliphatic heterocycles. The number of hydrogen-bond acceptors (Lipinski definition) is 6. The number of anilines is 1. The molecule has 1 amide bonds. The summed E-state index contributed by atoms with van der Waals surface area (Å²) >= 11 is 1.24. The van der Waals surface area contributed by atoms with Gasteiger partial charge in [-0.25, -0.2) is 4.68 Å². The molecule has 3 rings (SSSR count). The van der Waals surface area contributed by atoms with Crippen LogP contribution in [0, 0.1) is 0 Å². The maximum Gasteiger partial charge on any atom is 0.234 e. The number of aromatic nitrogens is 3. The van der Waals surface area contributed by atoms with E-state index in [1.54, 1.807) is 7.11 Å². The van der Waals surface area contributed by atoms with Gasteiger partial charge in [0.25, 0.3) is 0 Å². The second-order valence-electron chi connectivity index (χ2n) is 6.54. The van der Waals surface area contributed by atoms with Gasteiger partial charge in [0.2, 0.25) is 11.1 Å². The van der Waals surface area contributed by atoms with Gasteiger partial charge in [-0.05, 0) is 54.8 Å². The Hall–Kier alpha value is -3.00. The van der Waals surface area contributed by atoms with Gasteiger partial charge in [0.05, 0.1) is 12.9 Å². The number of benzene rings is 2. The number of amides is 1. The van der Waals surface area contributed by atoms with Crippen molar-refractivity contribution in [2.75, 3.05) is 24.0 Å². The third-order valence-electron chi connectivity index (χ3n) is 4.40. The fourth-order valence-corrected chi connectivity index (χ4v) is 3.43. The van der Waals surface area contributed by atoms with Crippen LogP contribution >= 0.6 is 11.8 Å². The Kier molecular flexibility index (Phi) is 7.13. The van der Waals surface area contributed by atoms with Crippen molar-refractivity contribution in [2.45, 2.75) is 31.3 Å². The van der Waals surface area contributed by atoms with Crippen LogP contribution in [0.2, 0.25) is 0 Å². The molecule has 0 aliphatic carbocycles. The minimum atomic E-state index is -0.120. The number of aryl methyl sites for hydroxylation is 1. The molecule has 3 aromatic rings. The minimum absolute atomic E-state index is 0.120. The van der Waals surface area contributed by atoms with Gasteiger partial charge in [0.15, 0.2) is 5.82 Å². The molecule has 29 heavy (non-hydrogen) atoms. The minimum Gasteiger partial charge on any atom is -0.497 e. The maximum atomic E-state index is 12.3. The zero-order valence-electron chi connectivity index (χ0n) is 16.6. The predicted molar refractivity (Wildman–Crippen MR) is 117 cm³/mol. The molecule has 8 heteroatoms. The van der Waals surface area contributed by atoms with Crippen molar-refractivity contribution in [3.63, 3.8) is 0 Å². The van der Waals surface area contributed by atoms with Crippen molar-refractivity contribution >= 4 is 23.4 Å². The van der Waals surface area contributed by atoms with Gasteiger partial charge in [0, 0.05) is 11.3 Å². The first-order valence-electron chi connectivity index (χ1n) is 9.47. The van der Waals surface area contributed by atoms with Crippen LogP contribution in [0.1, 0.15) is 25.3 Å². The average Bonchev–Trinajstić information content (AvgIpc) is 3.12. The van der Waals surface area contributed by atoms with Gasteiger partial charge in [-0.1, -0.05) is 37.2 Å². The molecule has 3 N–H and O–H groups in total. The third-order valence-corrected chi connectivity index (χ3v) is 5.34. The molecule has 0 spiro atoms. The fraction of sp³-hybridized carbons (Fsp3) is 0.286. The quantitative estimate of drug-likeness (QED) is 0.411. The summed E-state index contributed by atoms with van der Waals surface area (Å²) in [5.74, 6) is 7.46. The van der Waals surface area contributed by atoms with Crippen LogP contribution < -0.4 is 15.9 Å². The van der Waals surface area contributed by atoms with Crippen LogP contribution in [-0.4, -0.2) is 33.6 Å². The molecule has 0 saturated carbocycles. The number of nitrogens with one attached hydrogen (secondary N) is 1. The van der Waals surface area contributed by atoms with Crippen molar-refractivity contribution in [1.29, 1.82) is 0 Å². The van der Waals surface area contributed by atoms with Crippen molar-refractivity contribution in [3.8, 4) is 17.1 Å². The number of methoxy groups -OCH3 is 1. The largest absolute Gasteiger partial charge is 0.497 e. The summed E-state index contributed by atoms with van der Waals surface area (Å²) in [6, 6.07) is 15.3. The highest BCUT2D eigenvalue weighted by Crippen LogP contribution is 2.23. The van der Waals surface area contributed by atoms with Crippen LogP contribution in [0.25, 0.3) is 11.4 Å². The smallest absolute Gasteiger partial charge is 0.234 e. The van der Waals surface area contributed by atoms with Crippen LogP contribution in [0.5, 0.6) is 5.75 Å². The van der Waals surface area contributed by atoms with E-state index in [0.29, 0.717) is 11.0 Å². The monoisotopic (exact) mass is 411 g/mol. The van der Waals surface area contributed by atoms with Gasteiger partial charge < -0.3 is 15.9 Å². The predicted octanol–water partition coefficient (Wildman–Crippen LogP) is 3.74. The molecule has 7 nitrogen and oxygen atoms in total. The highest BCUT2D eigenvalue weighted by atomic mass is 32.2. The van der Waals surface area contributed by atoms with Gasteiger partial charge in [-0.3, -0.25) is 4.79 Å². The Balaban J connectivity index is 1.55. The summed E-state index contributed by atoms with van der Waals surface area (Å²) in [6.45, 7) is 2.17. The maximum absolute atomic E-state index is 12.3. The first-order chi connectivity index (χ1) is 14.1. The number of rotatable bonds is 9. The first kappa shape index (κ1) is 20.7. The standard InChI is InChI=1S/C21H25N5O2S/c1-3-4-5-15-6-10-17(11-7-15)23-19(27)14-29-21-25-24-20(26(21)22)16-8-12-18(28-2)13-9-16/h6-13H,3-5,14,22H2,1-2H3,(H,23,27). The van der Waals surface area contributed by atoms with Crippen LogP contribution in [0.15, 0.2) is 53.7 Å². The molecule has 0 saturated heterocycles. The molecule has 0 atom stereocenters. The van der Waals surface area contributed by atoms with E-state index >= 15 is 0 Å². The molecule has 1 aromatic heterocycles. The lowest BCUT2D eigenvalue weighted by atomic mass is 10.1. The van der Waals surface area contributed by atoms with E-state index in [1.165, 1.54) is 34.8 Å². The molecular weight excluding hydrogens is 386 g/mol. The number of carbonyl (C=O) groups is 1. The van der Waals surface area contributed by atoms with Crippen molar-refractivity contribution in [2.24, 2.45) is 0 Å². The molecule has 0 unspecified atom stereocenters. The van der Waals surface area contributed by atoms with Crippen molar-refractivity contribution in [1.82, 2.24) is 14.9 Å². The van der Waals surface area contributed by atoms with Gasteiger partial charge in [-0.15, -0.1) is 10.2 Å². The zero-order chi connectivity index (χ0) is 20.6. The van der Waals surface area contributed by atoms with Gasteiger partial charge >= 0.3 is 0 Å². The van der Waals surface area contributed by atoms with Crippen molar-refractivity contribution in [3.05, 3.63) is 54.1 Å². The van der Waals surface area contributed by atoms with E-state index in [-0.39, 0.29) is 11.7 Å². The zero-order valence-corrected chi connectivity index (χ0v) is 17.4. The molecule has 0 fully saturated rings. The molecule has 1 heterocycles. The first-order valence-corrected chi connectivity index (χ1v) is 10.5. The molecule has 152 valence electrons. The van der Waals surface area contributed by atoms with E-state index in [9.17, 15) is 4.79 Å².